The quantitative estimate of drug-likeness (QED) is 0.808. The lowest BCUT2D eigenvalue weighted by Gasteiger charge is -2.37. The van der Waals surface area contributed by atoms with Gasteiger partial charge in [-0.15, -0.1) is 11.8 Å². The molecule has 110 valence electrons. The maximum atomic E-state index is 12.1. The third-order valence-corrected chi connectivity index (χ3v) is 5.18. The van der Waals surface area contributed by atoms with Crippen LogP contribution in [0.5, 0.6) is 0 Å². The minimum Gasteiger partial charge on any atom is -0.459 e. The first-order chi connectivity index (χ1) is 8.97. The van der Waals surface area contributed by atoms with Gasteiger partial charge in [-0.2, -0.15) is 0 Å². The van der Waals surface area contributed by atoms with Gasteiger partial charge in [0.25, 0.3) is 0 Å². The van der Waals surface area contributed by atoms with Gasteiger partial charge >= 0.3 is 5.97 Å². The van der Waals surface area contributed by atoms with Crippen LogP contribution in [-0.4, -0.2) is 34.7 Å². The van der Waals surface area contributed by atoms with Gasteiger partial charge in [0.15, 0.2) is 6.29 Å². The van der Waals surface area contributed by atoms with Crippen molar-refractivity contribution in [1.82, 2.24) is 0 Å². The minimum atomic E-state index is -0.839. The van der Waals surface area contributed by atoms with Gasteiger partial charge in [0.1, 0.15) is 6.10 Å². The van der Waals surface area contributed by atoms with Crippen LogP contribution in [0.4, 0.5) is 0 Å². The Bertz CT molecular complexity index is 321. The van der Waals surface area contributed by atoms with E-state index in [1.54, 1.807) is 0 Å². The van der Waals surface area contributed by atoms with Gasteiger partial charge in [0, 0.05) is 5.75 Å². The van der Waals surface area contributed by atoms with Gasteiger partial charge < -0.3 is 14.6 Å². The van der Waals surface area contributed by atoms with E-state index in [1.165, 1.54) is 18.2 Å². The van der Waals surface area contributed by atoms with Crippen LogP contribution in [0.1, 0.15) is 40.0 Å². The molecular weight excluding hydrogens is 264 g/mol. The molecule has 1 aliphatic carbocycles. The van der Waals surface area contributed by atoms with Gasteiger partial charge in [-0.05, 0) is 30.6 Å². The summed E-state index contributed by atoms with van der Waals surface area (Å²) in [6, 6.07) is 0. The molecule has 2 rings (SSSR count). The zero-order chi connectivity index (χ0) is 14.0. The number of esters is 1. The van der Waals surface area contributed by atoms with Gasteiger partial charge in [0.2, 0.25) is 5.44 Å². The number of carbonyl (C=O) groups excluding carboxylic acids is 1. The van der Waals surface area contributed by atoms with Crippen molar-refractivity contribution in [1.29, 1.82) is 0 Å². The van der Waals surface area contributed by atoms with E-state index in [2.05, 4.69) is 20.8 Å². The third-order valence-electron chi connectivity index (χ3n) is 4.09. The van der Waals surface area contributed by atoms with E-state index in [0.717, 1.165) is 12.8 Å². The van der Waals surface area contributed by atoms with Gasteiger partial charge in [0.05, 0.1) is 0 Å². The summed E-state index contributed by atoms with van der Waals surface area (Å²) in [6.45, 7) is 6.58. The zero-order valence-corrected chi connectivity index (χ0v) is 12.7. The van der Waals surface area contributed by atoms with Crippen molar-refractivity contribution in [2.75, 3.05) is 5.75 Å². The van der Waals surface area contributed by atoms with E-state index >= 15 is 0 Å². The Labute approximate surface area is 119 Å². The number of carbonyl (C=O) groups is 1. The number of hydrogen-bond donors (Lipinski definition) is 1. The second-order valence-electron chi connectivity index (χ2n) is 6.06. The van der Waals surface area contributed by atoms with Crippen LogP contribution in [0.25, 0.3) is 0 Å². The Morgan fingerprint density at radius 2 is 2.16 bits per heavy atom. The van der Waals surface area contributed by atoms with Crippen LogP contribution in [0.2, 0.25) is 0 Å². The molecule has 19 heavy (non-hydrogen) atoms. The molecule has 1 saturated heterocycles. The van der Waals surface area contributed by atoms with Crippen LogP contribution in [-0.2, 0) is 14.3 Å². The summed E-state index contributed by atoms with van der Waals surface area (Å²) >= 11 is 1.31. The average Bonchev–Trinajstić information content (AvgIpc) is 2.75. The van der Waals surface area contributed by atoms with Crippen molar-refractivity contribution < 1.29 is 19.4 Å². The first kappa shape index (κ1) is 15.1. The first-order valence-corrected chi connectivity index (χ1v) is 8.18. The lowest BCUT2D eigenvalue weighted by atomic mass is 9.75. The smallest absolute Gasteiger partial charge is 0.346 e. The largest absolute Gasteiger partial charge is 0.459 e. The SMILES string of the molecule is CC(C)C1CC[C@@H](C)CC1OC(=O)[C@@H]1OC(O)CS1. The lowest BCUT2D eigenvalue weighted by Crippen LogP contribution is -2.38. The topological polar surface area (TPSA) is 55.8 Å². The second kappa shape index (κ2) is 6.46. The van der Waals surface area contributed by atoms with Crippen LogP contribution in [0.15, 0.2) is 0 Å². The molecule has 2 fully saturated rings. The van der Waals surface area contributed by atoms with E-state index in [0.29, 0.717) is 23.5 Å². The Hall–Kier alpha value is -0.260. The Kier molecular flexibility index (Phi) is 5.15. The number of ether oxygens (including phenoxy) is 2. The summed E-state index contributed by atoms with van der Waals surface area (Å²) in [5, 5.41) is 9.29. The molecule has 0 spiro atoms. The molecule has 3 unspecified atom stereocenters. The Morgan fingerprint density at radius 1 is 1.42 bits per heavy atom. The zero-order valence-electron chi connectivity index (χ0n) is 11.9. The van der Waals surface area contributed by atoms with Crippen LogP contribution < -0.4 is 0 Å². The van der Waals surface area contributed by atoms with Crippen molar-refractivity contribution in [3.8, 4) is 0 Å². The predicted molar refractivity (Wildman–Crippen MR) is 74.6 cm³/mol. The molecule has 0 aromatic rings. The summed E-state index contributed by atoms with van der Waals surface area (Å²) in [5.41, 5.74) is -0.653. The molecule has 0 bridgehead atoms. The normalized spacial score (nSPS) is 39.5. The highest BCUT2D eigenvalue weighted by molar-refractivity contribution is 8.00. The minimum absolute atomic E-state index is 0.00167. The molecule has 2 aliphatic rings. The van der Waals surface area contributed by atoms with E-state index in [9.17, 15) is 9.90 Å². The van der Waals surface area contributed by atoms with Gasteiger partial charge in [-0.25, -0.2) is 4.79 Å². The van der Waals surface area contributed by atoms with Gasteiger partial charge in [-0.3, -0.25) is 0 Å². The van der Waals surface area contributed by atoms with Crippen molar-refractivity contribution in [2.24, 2.45) is 17.8 Å². The molecule has 5 atom stereocenters. The third kappa shape index (κ3) is 3.86. The summed E-state index contributed by atoms with van der Waals surface area (Å²) < 4.78 is 10.8. The van der Waals surface area contributed by atoms with Crippen LogP contribution >= 0.6 is 11.8 Å². The highest BCUT2D eigenvalue weighted by atomic mass is 32.2. The standard InChI is InChI=1S/C14H24O4S/c1-8(2)10-5-4-9(3)6-11(10)17-13(16)14-18-12(15)7-19-14/h8-12,14-15H,4-7H2,1-3H3/t9-,10?,11?,12?,14-/m1/s1. The Balaban J connectivity index is 1.92. The average molecular weight is 288 g/mol. The molecule has 1 heterocycles. The molecular formula is C14H24O4S. The molecule has 0 amide bonds. The number of thioether (sulfide) groups is 1. The number of aliphatic hydroxyl groups is 1. The van der Waals surface area contributed by atoms with E-state index in [-0.39, 0.29) is 12.1 Å². The fourth-order valence-electron chi connectivity index (χ4n) is 2.97. The maximum Gasteiger partial charge on any atom is 0.346 e. The summed E-state index contributed by atoms with van der Waals surface area (Å²) in [4.78, 5) is 12.1. The Morgan fingerprint density at radius 3 is 2.74 bits per heavy atom. The molecule has 0 aromatic carbocycles. The van der Waals surface area contributed by atoms with Crippen molar-refractivity contribution in [3.63, 3.8) is 0 Å². The van der Waals surface area contributed by atoms with Crippen molar-refractivity contribution in [2.45, 2.75) is 57.9 Å². The number of hydrogen-bond acceptors (Lipinski definition) is 5. The van der Waals surface area contributed by atoms with Crippen LogP contribution in [0, 0.1) is 17.8 Å². The maximum absolute atomic E-state index is 12.1. The highest BCUT2D eigenvalue weighted by Gasteiger charge is 2.37. The fraction of sp³-hybridized carbons (Fsp3) is 0.929. The first-order valence-electron chi connectivity index (χ1n) is 7.13. The van der Waals surface area contributed by atoms with Gasteiger partial charge in [-0.1, -0.05) is 27.2 Å². The molecule has 1 N–H and O–H groups in total. The molecule has 5 heteroatoms. The van der Waals surface area contributed by atoms with E-state index < -0.39 is 11.7 Å². The predicted octanol–water partition coefficient (Wildman–Crippen LogP) is 2.40. The lowest BCUT2D eigenvalue weighted by molar-refractivity contribution is -0.172. The van der Waals surface area contributed by atoms with E-state index in [4.69, 9.17) is 9.47 Å². The number of rotatable bonds is 3. The summed E-state index contributed by atoms with van der Waals surface area (Å²) in [7, 11) is 0. The van der Waals surface area contributed by atoms with Crippen molar-refractivity contribution in [3.05, 3.63) is 0 Å². The highest BCUT2D eigenvalue weighted by Crippen LogP contribution is 2.36. The molecule has 0 aromatic heterocycles. The monoisotopic (exact) mass is 288 g/mol. The van der Waals surface area contributed by atoms with E-state index in [1.807, 2.05) is 0 Å². The fourth-order valence-corrected chi connectivity index (χ4v) is 3.79. The summed E-state index contributed by atoms with van der Waals surface area (Å²) in [6.07, 6.45) is 2.43. The molecule has 0 radical (unpaired) electrons. The number of aliphatic hydroxyl groups excluding tert-OH is 1. The molecule has 4 nitrogen and oxygen atoms in total. The summed E-state index contributed by atoms with van der Waals surface area (Å²) in [5.74, 6) is 1.68. The van der Waals surface area contributed by atoms with Crippen molar-refractivity contribution >= 4 is 17.7 Å². The second-order valence-corrected chi connectivity index (χ2v) is 7.15. The van der Waals surface area contributed by atoms with Crippen LogP contribution in [0.3, 0.4) is 0 Å². The molecule has 1 aliphatic heterocycles. The molecule has 1 saturated carbocycles.